The molecule has 2 atom stereocenters. The number of carbonyl (C=O) groups is 3. The third-order valence-corrected chi connectivity index (χ3v) is 6.55. The maximum atomic E-state index is 14.0. The highest BCUT2D eigenvalue weighted by molar-refractivity contribution is 6.37. The molecule has 10 heteroatoms. The fraction of sp³-hybridized carbons (Fsp3) is 0.318. The molecule has 2 aliphatic rings. The van der Waals surface area contributed by atoms with Gasteiger partial charge in [-0.05, 0) is 30.2 Å². The molecule has 2 aromatic rings. The lowest BCUT2D eigenvalue weighted by molar-refractivity contribution is -0.384. The Kier molecular flexibility index (Phi) is 5.37. The van der Waals surface area contributed by atoms with Crippen molar-refractivity contribution in [3.63, 3.8) is 0 Å². The van der Waals surface area contributed by atoms with Gasteiger partial charge >= 0.3 is 6.03 Å². The zero-order chi connectivity index (χ0) is 23.2. The lowest BCUT2D eigenvalue weighted by atomic mass is 9.67. The lowest BCUT2D eigenvalue weighted by Gasteiger charge is -2.50. The van der Waals surface area contributed by atoms with Crippen LogP contribution in [0, 0.1) is 15.5 Å². The summed E-state index contributed by atoms with van der Waals surface area (Å²) in [5.74, 6) is -1.40. The number of nitrogens with zero attached hydrogens (tertiary/aromatic N) is 3. The van der Waals surface area contributed by atoms with E-state index in [0.717, 1.165) is 4.90 Å². The minimum atomic E-state index is -1.65. The molecular weight excluding hydrogens is 436 g/mol. The number of hydrogen-bond donors (Lipinski definition) is 1. The third-order valence-electron chi connectivity index (χ3n) is 6.23. The topological polar surface area (TPSA) is 113 Å². The number of halogens is 1. The Bertz CT molecular complexity index is 1150. The van der Waals surface area contributed by atoms with Gasteiger partial charge in [-0.3, -0.25) is 25.0 Å². The number of urea groups is 1. The summed E-state index contributed by atoms with van der Waals surface area (Å²) in [5.41, 5.74) is -0.414. The molecule has 1 N–H and O–H groups in total. The van der Waals surface area contributed by atoms with Gasteiger partial charge in [0.15, 0.2) is 5.41 Å². The summed E-state index contributed by atoms with van der Waals surface area (Å²) in [6, 6.07) is 9.37. The maximum Gasteiger partial charge on any atom is 0.335 e. The zero-order valence-electron chi connectivity index (χ0n) is 17.5. The molecule has 0 bridgehead atoms. The fourth-order valence-corrected chi connectivity index (χ4v) is 4.98. The number of imide groups is 2. The smallest absolute Gasteiger partial charge is 0.335 e. The van der Waals surface area contributed by atoms with Gasteiger partial charge in [-0.15, -0.1) is 0 Å². The summed E-state index contributed by atoms with van der Waals surface area (Å²) in [7, 11) is 1.75. The van der Waals surface area contributed by atoms with Gasteiger partial charge in [0, 0.05) is 31.3 Å². The molecule has 4 amide bonds. The van der Waals surface area contributed by atoms with Crippen LogP contribution in [0.2, 0.25) is 5.02 Å². The predicted molar refractivity (Wildman–Crippen MR) is 119 cm³/mol. The van der Waals surface area contributed by atoms with Gasteiger partial charge in [0.1, 0.15) is 0 Å². The van der Waals surface area contributed by atoms with Gasteiger partial charge < -0.3 is 4.90 Å². The van der Waals surface area contributed by atoms with E-state index in [-0.39, 0.29) is 22.8 Å². The molecule has 0 aromatic heterocycles. The van der Waals surface area contributed by atoms with Crippen LogP contribution in [0.25, 0.3) is 0 Å². The number of rotatable bonds is 4. The van der Waals surface area contributed by atoms with E-state index >= 15 is 0 Å². The molecule has 166 valence electrons. The highest BCUT2D eigenvalue weighted by Crippen LogP contribution is 2.47. The Balaban J connectivity index is 1.91. The molecule has 2 aromatic carbocycles. The van der Waals surface area contributed by atoms with E-state index in [4.69, 9.17) is 11.6 Å². The minimum Gasteiger partial charge on any atom is -0.370 e. The van der Waals surface area contributed by atoms with Gasteiger partial charge in [-0.25, -0.2) is 9.69 Å². The van der Waals surface area contributed by atoms with E-state index in [1.807, 2.05) is 11.8 Å². The minimum absolute atomic E-state index is 0.0715. The first-order chi connectivity index (χ1) is 15.2. The molecule has 1 saturated heterocycles. The van der Waals surface area contributed by atoms with Crippen LogP contribution in [0.4, 0.5) is 21.9 Å². The molecule has 2 heterocycles. The van der Waals surface area contributed by atoms with Crippen molar-refractivity contribution in [2.45, 2.75) is 32.2 Å². The van der Waals surface area contributed by atoms with Crippen molar-refractivity contribution >= 4 is 46.5 Å². The van der Waals surface area contributed by atoms with Crippen LogP contribution >= 0.6 is 11.6 Å². The van der Waals surface area contributed by atoms with Crippen LogP contribution in [0.1, 0.15) is 25.3 Å². The van der Waals surface area contributed by atoms with Crippen LogP contribution in [0.15, 0.2) is 42.5 Å². The average Bonchev–Trinajstić information content (AvgIpc) is 2.75. The van der Waals surface area contributed by atoms with Crippen LogP contribution in [0.3, 0.4) is 0 Å². The quantitative estimate of drug-likeness (QED) is 0.426. The number of fused-ring (bicyclic) bond motifs is 1. The predicted octanol–water partition coefficient (Wildman–Crippen LogP) is 3.68. The summed E-state index contributed by atoms with van der Waals surface area (Å²) < 4.78 is 0. The summed E-state index contributed by atoms with van der Waals surface area (Å²) in [5, 5.41) is 13.8. The molecule has 9 nitrogen and oxygen atoms in total. The molecule has 32 heavy (non-hydrogen) atoms. The number of hydrogen-bond acceptors (Lipinski definition) is 6. The fourth-order valence-electron chi connectivity index (χ4n) is 4.76. The Hall–Kier alpha value is -3.46. The van der Waals surface area contributed by atoms with Crippen molar-refractivity contribution in [1.82, 2.24) is 5.32 Å². The average molecular weight is 457 g/mol. The first-order valence-electron chi connectivity index (χ1n) is 10.2. The Morgan fingerprint density at radius 1 is 1.19 bits per heavy atom. The number of non-ortho nitro benzene ring substituents is 1. The van der Waals surface area contributed by atoms with Crippen molar-refractivity contribution < 1.29 is 19.3 Å². The van der Waals surface area contributed by atoms with Crippen molar-refractivity contribution in [2.24, 2.45) is 5.41 Å². The van der Waals surface area contributed by atoms with Crippen LogP contribution in [-0.2, 0) is 16.0 Å². The van der Waals surface area contributed by atoms with Gasteiger partial charge in [0.05, 0.1) is 21.7 Å². The van der Waals surface area contributed by atoms with Gasteiger partial charge in [-0.1, -0.05) is 37.1 Å². The Morgan fingerprint density at radius 3 is 2.56 bits per heavy atom. The largest absolute Gasteiger partial charge is 0.370 e. The van der Waals surface area contributed by atoms with Crippen molar-refractivity contribution in [3.05, 3.63) is 63.2 Å². The number of barbiturate groups is 1. The SMILES string of the molecule is CCC[C@H]1N(C)c2ccc([N+](=O)[O-])cc2C[C@]12C(=O)NC(=O)N(c1ccccc1Cl)C2=O. The maximum absolute atomic E-state index is 14.0. The van der Waals surface area contributed by atoms with E-state index in [9.17, 15) is 24.5 Å². The molecule has 0 unspecified atom stereocenters. The standard InChI is InChI=1S/C22H21ClN4O5/c1-3-6-18-22(12-13-11-14(27(31)32)9-10-16(13)25(18)2)19(28)24-21(30)26(20(22)29)17-8-5-4-7-15(17)23/h4-5,7-11,18H,3,6,12H2,1-2H3,(H,24,28,30)/t18-,22-/m1/s1. The number of nitro benzene ring substituents is 1. The number of para-hydroxylation sites is 1. The molecule has 1 spiro atoms. The summed E-state index contributed by atoms with van der Waals surface area (Å²) in [6.45, 7) is 1.94. The molecule has 1 fully saturated rings. The van der Waals surface area contributed by atoms with E-state index in [0.29, 0.717) is 24.1 Å². The Morgan fingerprint density at radius 2 is 1.91 bits per heavy atom. The summed E-state index contributed by atoms with van der Waals surface area (Å²) in [6.07, 6.45) is 1.11. The second kappa shape index (κ2) is 7.90. The molecule has 0 aliphatic carbocycles. The third kappa shape index (κ3) is 3.12. The van der Waals surface area contributed by atoms with Gasteiger partial charge in [0.25, 0.3) is 11.6 Å². The number of benzene rings is 2. The number of anilines is 2. The zero-order valence-corrected chi connectivity index (χ0v) is 18.3. The van der Waals surface area contributed by atoms with E-state index in [1.165, 1.54) is 18.2 Å². The van der Waals surface area contributed by atoms with Crippen LogP contribution in [-0.4, -0.2) is 35.9 Å². The molecule has 4 rings (SSSR count). The second-order valence-corrected chi connectivity index (χ2v) is 8.39. The van der Waals surface area contributed by atoms with Crippen molar-refractivity contribution in [1.29, 1.82) is 0 Å². The van der Waals surface area contributed by atoms with E-state index in [1.54, 1.807) is 31.3 Å². The highest BCUT2D eigenvalue weighted by atomic mass is 35.5. The van der Waals surface area contributed by atoms with Crippen molar-refractivity contribution in [3.8, 4) is 0 Å². The summed E-state index contributed by atoms with van der Waals surface area (Å²) in [4.78, 5) is 53.6. The Labute approximate surface area is 189 Å². The lowest BCUT2D eigenvalue weighted by Crippen LogP contribution is -2.72. The monoisotopic (exact) mass is 456 g/mol. The second-order valence-electron chi connectivity index (χ2n) is 7.98. The number of carbonyl (C=O) groups excluding carboxylic acids is 3. The number of nitro groups is 1. The normalized spacial score (nSPS) is 22.7. The highest BCUT2D eigenvalue weighted by Gasteiger charge is 2.61. The van der Waals surface area contributed by atoms with Crippen LogP contribution < -0.4 is 15.1 Å². The van der Waals surface area contributed by atoms with Crippen molar-refractivity contribution in [2.75, 3.05) is 16.8 Å². The van der Waals surface area contributed by atoms with E-state index in [2.05, 4.69) is 5.32 Å². The molecule has 0 saturated carbocycles. The number of nitrogens with one attached hydrogen (secondary N) is 1. The molecular formula is C22H21ClN4O5. The molecule has 0 radical (unpaired) electrons. The molecule has 2 aliphatic heterocycles. The van der Waals surface area contributed by atoms with Crippen LogP contribution in [0.5, 0.6) is 0 Å². The van der Waals surface area contributed by atoms with Gasteiger partial charge in [0.2, 0.25) is 5.91 Å². The first kappa shape index (κ1) is 21.8. The van der Waals surface area contributed by atoms with E-state index < -0.39 is 34.2 Å². The first-order valence-corrected chi connectivity index (χ1v) is 10.5. The number of amides is 4. The summed E-state index contributed by atoms with van der Waals surface area (Å²) >= 11 is 6.27. The van der Waals surface area contributed by atoms with Gasteiger partial charge in [-0.2, -0.15) is 0 Å².